The Morgan fingerprint density at radius 2 is 1.89 bits per heavy atom. The zero-order valence-corrected chi connectivity index (χ0v) is 15.2. The summed E-state index contributed by atoms with van der Waals surface area (Å²) in [5.74, 6) is -3.01. The van der Waals surface area contributed by atoms with Crippen molar-refractivity contribution in [2.24, 2.45) is 0 Å². The van der Waals surface area contributed by atoms with Crippen LogP contribution in [0.25, 0.3) is 5.65 Å². The van der Waals surface area contributed by atoms with E-state index in [2.05, 4.69) is 4.98 Å². The fraction of sp³-hybridized carbons (Fsp3) is 0.200. The van der Waals surface area contributed by atoms with Crippen LogP contribution in [-0.4, -0.2) is 38.6 Å². The van der Waals surface area contributed by atoms with Gasteiger partial charge in [-0.2, -0.15) is 4.98 Å². The van der Waals surface area contributed by atoms with Crippen molar-refractivity contribution >= 4 is 17.6 Å². The predicted molar refractivity (Wildman–Crippen MR) is 99.7 cm³/mol. The van der Waals surface area contributed by atoms with Crippen molar-refractivity contribution in [1.29, 1.82) is 0 Å². The summed E-state index contributed by atoms with van der Waals surface area (Å²) >= 11 is 0. The Morgan fingerprint density at radius 3 is 2.50 bits per heavy atom. The first-order chi connectivity index (χ1) is 13.3. The van der Waals surface area contributed by atoms with Gasteiger partial charge in [0.05, 0.1) is 24.7 Å². The van der Waals surface area contributed by atoms with Gasteiger partial charge in [0.1, 0.15) is 5.65 Å². The molecule has 0 saturated carbocycles. The first kappa shape index (κ1) is 19.1. The van der Waals surface area contributed by atoms with Crippen molar-refractivity contribution in [2.75, 3.05) is 7.11 Å². The van der Waals surface area contributed by atoms with Crippen molar-refractivity contribution in [3.63, 3.8) is 0 Å². The molecular weight excluding hydrogens is 364 g/mol. The number of nitrogens with zero attached hydrogens (tertiary/aromatic N) is 2. The first-order valence-electron chi connectivity index (χ1n) is 8.43. The van der Waals surface area contributed by atoms with E-state index in [9.17, 15) is 19.5 Å². The zero-order chi connectivity index (χ0) is 20.4. The molecular formula is C20H18N2O6. The number of ether oxygens (including phenoxy) is 1. The lowest BCUT2D eigenvalue weighted by molar-refractivity contribution is -0.140. The van der Waals surface area contributed by atoms with E-state index in [1.165, 1.54) is 35.8 Å². The predicted octanol–water partition coefficient (Wildman–Crippen LogP) is 2.10. The van der Waals surface area contributed by atoms with Crippen LogP contribution < -0.4 is 5.56 Å². The quantitative estimate of drug-likeness (QED) is 0.649. The third-order valence-electron chi connectivity index (χ3n) is 4.51. The largest absolute Gasteiger partial charge is 0.493 e. The Bertz CT molecular complexity index is 1120. The van der Waals surface area contributed by atoms with Crippen LogP contribution in [0.15, 0.2) is 47.4 Å². The van der Waals surface area contributed by atoms with Crippen LogP contribution in [0.3, 0.4) is 0 Å². The van der Waals surface area contributed by atoms with Gasteiger partial charge in [-0.15, -0.1) is 0 Å². The lowest BCUT2D eigenvalue weighted by Crippen LogP contribution is -2.24. The lowest BCUT2D eigenvalue weighted by atomic mass is 9.89. The van der Waals surface area contributed by atoms with Gasteiger partial charge in [-0.1, -0.05) is 12.1 Å². The second-order valence-electron chi connectivity index (χ2n) is 6.35. The number of carboxylic acids is 1. The molecule has 0 fully saturated rings. The topological polar surface area (TPSA) is 118 Å². The number of carbonyl (C=O) groups excluding carboxylic acids is 1. The standard InChI is InChI=1S/C20H18N2O6/c1-11-7-8-22-15(9-11)21-18(24)17(19(22)25)14(10-16(23)28-2)12-3-5-13(6-4-12)20(26)27/h3-9,14,24H,10H2,1-2H3,(H,26,27). The number of aromatic carboxylic acids is 1. The molecule has 144 valence electrons. The van der Waals surface area contributed by atoms with E-state index in [0.29, 0.717) is 5.56 Å². The molecule has 0 aliphatic rings. The summed E-state index contributed by atoms with van der Waals surface area (Å²) in [5, 5.41) is 19.5. The third kappa shape index (κ3) is 3.57. The van der Waals surface area contributed by atoms with Gasteiger partial charge < -0.3 is 14.9 Å². The van der Waals surface area contributed by atoms with Crippen LogP contribution in [0.5, 0.6) is 5.88 Å². The molecule has 0 bridgehead atoms. The number of methoxy groups -OCH3 is 1. The normalized spacial score (nSPS) is 11.9. The van der Waals surface area contributed by atoms with Crippen LogP contribution in [-0.2, 0) is 9.53 Å². The minimum absolute atomic E-state index is 0.0603. The molecule has 3 rings (SSSR count). The molecule has 0 spiro atoms. The summed E-state index contributed by atoms with van der Waals surface area (Å²) in [5.41, 5.74) is 1.12. The van der Waals surface area contributed by atoms with Crippen molar-refractivity contribution in [1.82, 2.24) is 9.38 Å². The number of aryl methyl sites for hydroxylation is 1. The molecule has 8 nitrogen and oxygen atoms in total. The van der Waals surface area contributed by atoms with Gasteiger partial charge in [-0.25, -0.2) is 4.79 Å². The smallest absolute Gasteiger partial charge is 0.335 e. The number of aromatic hydroxyl groups is 1. The van der Waals surface area contributed by atoms with Crippen molar-refractivity contribution < 1.29 is 24.5 Å². The van der Waals surface area contributed by atoms with Gasteiger partial charge in [0.25, 0.3) is 5.56 Å². The zero-order valence-electron chi connectivity index (χ0n) is 15.2. The molecule has 2 N–H and O–H groups in total. The van der Waals surface area contributed by atoms with Gasteiger partial charge in [0.2, 0.25) is 5.88 Å². The molecule has 28 heavy (non-hydrogen) atoms. The number of hydrogen-bond donors (Lipinski definition) is 2. The van der Waals surface area contributed by atoms with Gasteiger partial charge in [0, 0.05) is 12.1 Å². The SMILES string of the molecule is COC(=O)CC(c1ccc(C(=O)O)cc1)c1c(O)nc2cc(C)ccn2c1=O. The second-order valence-corrected chi connectivity index (χ2v) is 6.35. The van der Waals surface area contributed by atoms with Gasteiger partial charge >= 0.3 is 11.9 Å². The molecule has 8 heteroatoms. The van der Waals surface area contributed by atoms with Gasteiger partial charge in [0.15, 0.2) is 0 Å². The summed E-state index contributed by atoms with van der Waals surface area (Å²) in [6.07, 6.45) is 1.33. The number of carboxylic acid groups (broad SMARTS) is 1. The summed E-state index contributed by atoms with van der Waals surface area (Å²) in [6.45, 7) is 1.83. The lowest BCUT2D eigenvalue weighted by Gasteiger charge is -2.18. The summed E-state index contributed by atoms with van der Waals surface area (Å²) in [7, 11) is 1.22. The fourth-order valence-corrected chi connectivity index (χ4v) is 3.04. The maximum atomic E-state index is 13.0. The van der Waals surface area contributed by atoms with Crippen molar-refractivity contribution in [3.8, 4) is 5.88 Å². The maximum Gasteiger partial charge on any atom is 0.335 e. The molecule has 1 aromatic carbocycles. The Balaban J connectivity index is 2.20. The van der Waals surface area contributed by atoms with Gasteiger partial charge in [-0.05, 0) is 42.3 Å². The minimum Gasteiger partial charge on any atom is -0.493 e. The molecule has 0 aliphatic heterocycles. The highest BCUT2D eigenvalue weighted by atomic mass is 16.5. The number of aromatic nitrogens is 2. The Kier molecular flexibility index (Phi) is 5.12. The second kappa shape index (κ2) is 7.51. The van der Waals surface area contributed by atoms with Crippen LogP contribution in [0.1, 0.15) is 39.4 Å². The van der Waals surface area contributed by atoms with E-state index in [1.807, 2.05) is 6.92 Å². The first-order valence-corrected chi connectivity index (χ1v) is 8.43. The minimum atomic E-state index is -1.10. The number of benzene rings is 1. The number of fused-ring (bicyclic) bond motifs is 1. The number of esters is 1. The molecule has 2 heterocycles. The maximum absolute atomic E-state index is 13.0. The van der Waals surface area contributed by atoms with Crippen LogP contribution in [0.2, 0.25) is 0 Å². The molecule has 0 aliphatic carbocycles. The van der Waals surface area contributed by atoms with E-state index in [0.717, 1.165) is 5.56 Å². The molecule has 2 aromatic heterocycles. The molecule has 1 unspecified atom stereocenters. The number of rotatable bonds is 5. The average Bonchev–Trinajstić information content (AvgIpc) is 2.66. The molecule has 0 saturated heterocycles. The van der Waals surface area contributed by atoms with Crippen LogP contribution in [0.4, 0.5) is 0 Å². The van der Waals surface area contributed by atoms with Crippen molar-refractivity contribution in [3.05, 3.63) is 75.2 Å². The highest BCUT2D eigenvalue weighted by molar-refractivity contribution is 5.87. The van der Waals surface area contributed by atoms with Crippen LogP contribution in [0, 0.1) is 6.92 Å². The molecule has 1 atom stereocenters. The monoisotopic (exact) mass is 382 g/mol. The fourth-order valence-electron chi connectivity index (χ4n) is 3.04. The van der Waals surface area contributed by atoms with E-state index < -0.39 is 29.3 Å². The Labute approximate surface area is 159 Å². The Hall–Kier alpha value is -3.68. The summed E-state index contributed by atoms with van der Waals surface area (Å²) < 4.78 is 6.01. The third-order valence-corrected chi connectivity index (χ3v) is 4.51. The number of carbonyl (C=O) groups is 2. The highest BCUT2D eigenvalue weighted by Gasteiger charge is 2.27. The summed E-state index contributed by atoms with van der Waals surface area (Å²) in [4.78, 5) is 40.2. The number of pyridine rings is 1. The van der Waals surface area contributed by atoms with E-state index in [1.54, 1.807) is 18.3 Å². The summed E-state index contributed by atoms with van der Waals surface area (Å²) in [6, 6.07) is 9.12. The van der Waals surface area contributed by atoms with Gasteiger partial charge in [-0.3, -0.25) is 14.0 Å². The molecule has 0 amide bonds. The average molecular weight is 382 g/mol. The van der Waals surface area contributed by atoms with E-state index >= 15 is 0 Å². The van der Waals surface area contributed by atoms with E-state index in [4.69, 9.17) is 9.84 Å². The van der Waals surface area contributed by atoms with Crippen molar-refractivity contribution in [2.45, 2.75) is 19.3 Å². The highest BCUT2D eigenvalue weighted by Crippen LogP contribution is 2.31. The van der Waals surface area contributed by atoms with E-state index in [-0.39, 0.29) is 23.2 Å². The molecule has 3 aromatic rings. The number of hydrogen-bond acceptors (Lipinski definition) is 6. The van der Waals surface area contributed by atoms with Crippen LogP contribution >= 0.6 is 0 Å². The Morgan fingerprint density at radius 1 is 1.21 bits per heavy atom. The molecule has 0 radical (unpaired) electrons.